The number of carbonyl (C=O) groups excluding carboxylic acids is 1. The van der Waals surface area contributed by atoms with Crippen molar-refractivity contribution in [2.45, 2.75) is 13.3 Å². The van der Waals surface area contributed by atoms with E-state index in [0.717, 1.165) is 10.4 Å². The summed E-state index contributed by atoms with van der Waals surface area (Å²) < 4.78 is 18.8. The monoisotopic (exact) mass is 357 g/mol. The Hall–Kier alpha value is -1.40. The van der Waals surface area contributed by atoms with E-state index in [1.54, 1.807) is 12.1 Å². The van der Waals surface area contributed by atoms with Crippen LogP contribution in [0.5, 0.6) is 0 Å². The Morgan fingerprint density at radius 2 is 2.20 bits per heavy atom. The van der Waals surface area contributed by atoms with Gasteiger partial charge in [0.2, 0.25) is 0 Å². The molecule has 0 aliphatic rings. The second-order valence-corrected chi connectivity index (χ2v) is 6.00. The molecule has 0 aliphatic heterocycles. The highest BCUT2D eigenvalue weighted by Gasteiger charge is 2.21. The normalized spacial score (nSPS) is 10.6. The van der Waals surface area contributed by atoms with Gasteiger partial charge in [0.1, 0.15) is 10.7 Å². The minimum atomic E-state index is -0.467. The van der Waals surface area contributed by atoms with Gasteiger partial charge in [-0.2, -0.15) is 0 Å². The Morgan fingerprint density at radius 3 is 2.75 bits per heavy atom. The lowest BCUT2D eigenvalue weighted by atomic mass is 10.1. The maximum Gasteiger partial charge on any atom is 0.350 e. The predicted octanol–water partition coefficient (Wildman–Crippen LogP) is 4.25. The van der Waals surface area contributed by atoms with Gasteiger partial charge in [0.25, 0.3) is 0 Å². The number of hydrogen-bond donors (Lipinski definition) is 1. The van der Waals surface area contributed by atoms with Gasteiger partial charge in [-0.25, -0.2) is 9.18 Å². The van der Waals surface area contributed by atoms with E-state index in [1.165, 1.54) is 24.5 Å². The number of nitrogen functional groups attached to an aromatic ring is 1. The standard InChI is InChI=1S/C14H13BrFNO2S/c1-3-8-11(17)13(14(18)19-2)20-12(8)7-4-5-9(15)10(16)6-7/h4-6H,3,17H2,1-2H3. The van der Waals surface area contributed by atoms with Crippen molar-refractivity contribution in [2.75, 3.05) is 12.8 Å². The van der Waals surface area contributed by atoms with Crippen LogP contribution >= 0.6 is 27.3 Å². The van der Waals surface area contributed by atoms with E-state index in [2.05, 4.69) is 15.9 Å². The molecule has 1 heterocycles. The second-order valence-electron chi connectivity index (χ2n) is 4.13. The lowest BCUT2D eigenvalue weighted by molar-refractivity contribution is 0.0607. The molecule has 1 aromatic carbocycles. The molecule has 0 radical (unpaired) electrons. The van der Waals surface area contributed by atoms with Gasteiger partial charge in [-0.3, -0.25) is 0 Å². The van der Waals surface area contributed by atoms with Crippen LogP contribution in [0.1, 0.15) is 22.2 Å². The number of thiophene rings is 1. The van der Waals surface area contributed by atoms with Crippen molar-refractivity contribution >= 4 is 38.9 Å². The first-order chi connectivity index (χ1) is 9.49. The third-order valence-electron chi connectivity index (χ3n) is 2.95. The predicted molar refractivity (Wildman–Crippen MR) is 82.5 cm³/mol. The van der Waals surface area contributed by atoms with Crippen molar-refractivity contribution in [3.8, 4) is 10.4 Å². The first-order valence-corrected chi connectivity index (χ1v) is 7.55. The zero-order valence-electron chi connectivity index (χ0n) is 11.0. The van der Waals surface area contributed by atoms with Crippen LogP contribution in [-0.2, 0) is 11.2 Å². The Bertz CT molecular complexity index is 669. The number of anilines is 1. The number of methoxy groups -OCH3 is 1. The fraction of sp³-hybridized carbons (Fsp3) is 0.214. The summed E-state index contributed by atoms with van der Waals surface area (Å²) >= 11 is 4.35. The molecule has 6 heteroatoms. The average molecular weight is 358 g/mol. The maximum absolute atomic E-state index is 13.7. The van der Waals surface area contributed by atoms with Crippen LogP contribution in [0.3, 0.4) is 0 Å². The molecule has 0 atom stereocenters. The van der Waals surface area contributed by atoms with Crippen LogP contribution in [0.25, 0.3) is 10.4 Å². The number of rotatable bonds is 3. The molecule has 3 nitrogen and oxygen atoms in total. The molecule has 0 fully saturated rings. The van der Waals surface area contributed by atoms with Gasteiger partial charge in [0.05, 0.1) is 17.3 Å². The molecule has 0 amide bonds. The summed E-state index contributed by atoms with van der Waals surface area (Å²) in [5.74, 6) is -0.817. The van der Waals surface area contributed by atoms with Gasteiger partial charge in [-0.15, -0.1) is 11.3 Å². The first-order valence-electron chi connectivity index (χ1n) is 5.94. The molecule has 2 aromatic rings. The van der Waals surface area contributed by atoms with Crippen molar-refractivity contribution in [2.24, 2.45) is 0 Å². The molecule has 0 bridgehead atoms. The number of benzene rings is 1. The van der Waals surface area contributed by atoms with Crippen LogP contribution in [0.2, 0.25) is 0 Å². The van der Waals surface area contributed by atoms with Crippen LogP contribution in [0.15, 0.2) is 22.7 Å². The van der Waals surface area contributed by atoms with Gasteiger partial charge in [-0.05, 0) is 45.6 Å². The van der Waals surface area contributed by atoms with Crippen molar-refractivity contribution in [1.29, 1.82) is 0 Å². The average Bonchev–Trinajstić information content (AvgIpc) is 2.78. The molecule has 0 saturated heterocycles. The summed E-state index contributed by atoms with van der Waals surface area (Å²) in [5, 5.41) is 0. The Labute approximate surface area is 128 Å². The minimum Gasteiger partial charge on any atom is -0.465 e. The molecule has 0 spiro atoms. The molecule has 106 valence electrons. The van der Waals surface area contributed by atoms with E-state index in [1.807, 2.05) is 6.92 Å². The van der Waals surface area contributed by atoms with E-state index in [0.29, 0.717) is 27.0 Å². The lowest BCUT2D eigenvalue weighted by Crippen LogP contribution is -2.02. The highest BCUT2D eigenvalue weighted by atomic mass is 79.9. The molecule has 1 aromatic heterocycles. The van der Waals surface area contributed by atoms with Crippen molar-refractivity contribution in [1.82, 2.24) is 0 Å². The van der Waals surface area contributed by atoms with E-state index < -0.39 is 5.97 Å². The van der Waals surface area contributed by atoms with E-state index >= 15 is 0 Å². The molecule has 0 aliphatic carbocycles. The fourth-order valence-corrected chi connectivity index (χ4v) is 3.42. The third kappa shape index (κ3) is 2.58. The highest BCUT2D eigenvalue weighted by Crippen LogP contribution is 2.40. The van der Waals surface area contributed by atoms with Crippen LogP contribution in [-0.4, -0.2) is 13.1 Å². The minimum absolute atomic E-state index is 0.351. The summed E-state index contributed by atoms with van der Waals surface area (Å²) in [6.07, 6.45) is 0.659. The summed E-state index contributed by atoms with van der Waals surface area (Å²) in [6, 6.07) is 4.85. The number of halogens is 2. The zero-order valence-corrected chi connectivity index (χ0v) is 13.4. The SMILES string of the molecule is CCc1c(-c2ccc(Br)c(F)c2)sc(C(=O)OC)c1N. The van der Waals surface area contributed by atoms with Gasteiger partial charge in [0.15, 0.2) is 0 Å². The van der Waals surface area contributed by atoms with Crippen molar-refractivity contribution in [3.05, 3.63) is 38.9 Å². The van der Waals surface area contributed by atoms with Gasteiger partial charge < -0.3 is 10.5 Å². The molecule has 2 rings (SSSR count). The van der Waals surface area contributed by atoms with E-state index in [-0.39, 0.29) is 5.82 Å². The molecule has 0 saturated carbocycles. The van der Waals surface area contributed by atoms with Gasteiger partial charge in [0, 0.05) is 4.88 Å². The van der Waals surface area contributed by atoms with Crippen molar-refractivity contribution < 1.29 is 13.9 Å². The van der Waals surface area contributed by atoms with Crippen LogP contribution in [0, 0.1) is 5.82 Å². The molecular weight excluding hydrogens is 345 g/mol. The molecular formula is C14H13BrFNO2S. The summed E-state index contributed by atoms with van der Waals surface area (Å²) in [5.41, 5.74) is 7.97. The smallest absolute Gasteiger partial charge is 0.350 e. The number of nitrogens with two attached hydrogens (primary N) is 1. The van der Waals surface area contributed by atoms with E-state index in [9.17, 15) is 9.18 Å². The molecule has 2 N–H and O–H groups in total. The van der Waals surface area contributed by atoms with Gasteiger partial charge in [-0.1, -0.05) is 13.0 Å². The van der Waals surface area contributed by atoms with Crippen LogP contribution < -0.4 is 5.73 Å². The summed E-state index contributed by atoms with van der Waals surface area (Å²) in [7, 11) is 1.31. The highest BCUT2D eigenvalue weighted by molar-refractivity contribution is 9.10. The largest absolute Gasteiger partial charge is 0.465 e. The second kappa shape index (κ2) is 5.93. The quantitative estimate of drug-likeness (QED) is 0.835. The number of hydrogen-bond acceptors (Lipinski definition) is 4. The maximum atomic E-state index is 13.7. The van der Waals surface area contributed by atoms with E-state index in [4.69, 9.17) is 10.5 Å². The molecule has 0 unspecified atom stereocenters. The topological polar surface area (TPSA) is 52.3 Å². The number of esters is 1. The summed E-state index contributed by atoms with van der Waals surface area (Å²) in [4.78, 5) is 12.9. The van der Waals surface area contributed by atoms with Crippen molar-refractivity contribution in [3.63, 3.8) is 0 Å². The lowest BCUT2D eigenvalue weighted by Gasteiger charge is -2.04. The number of carbonyl (C=O) groups is 1. The first kappa shape index (κ1) is 15.0. The fourth-order valence-electron chi connectivity index (χ4n) is 1.94. The third-order valence-corrected chi connectivity index (χ3v) is 4.87. The Kier molecular flexibility index (Phi) is 4.45. The Balaban J connectivity index is 2.61. The van der Waals surface area contributed by atoms with Crippen LogP contribution in [0.4, 0.5) is 10.1 Å². The zero-order chi connectivity index (χ0) is 14.9. The molecule has 20 heavy (non-hydrogen) atoms. The summed E-state index contributed by atoms with van der Waals surface area (Å²) in [6.45, 7) is 1.94. The number of ether oxygens (including phenoxy) is 1. The Morgan fingerprint density at radius 1 is 1.50 bits per heavy atom. The van der Waals surface area contributed by atoms with Gasteiger partial charge >= 0.3 is 5.97 Å².